The molecule has 0 aliphatic carbocycles. The Kier molecular flexibility index (Phi) is 3.84. The van der Waals surface area contributed by atoms with Gasteiger partial charge in [-0.15, -0.1) is 0 Å². The quantitative estimate of drug-likeness (QED) is 0.853. The molecular formula is C15H21BrN3O+. The normalized spacial score (nSPS) is 28.4. The number of anilines is 1. The van der Waals surface area contributed by atoms with Crippen LogP contribution in [-0.2, 0) is 4.79 Å². The number of rotatable bonds is 3. The fourth-order valence-corrected chi connectivity index (χ4v) is 3.44. The molecule has 4 nitrogen and oxygen atoms in total. The molecule has 0 spiro atoms. The van der Waals surface area contributed by atoms with Gasteiger partial charge < -0.3 is 9.80 Å². The van der Waals surface area contributed by atoms with Crippen molar-refractivity contribution in [2.24, 2.45) is 0 Å². The third-order valence-electron chi connectivity index (χ3n) is 4.59. The smallest absolute Gasteiger partial charge is 0.279 e. The van der Waals surface area contributed by atoms with Crippen molar-refractivity contribution in [1.29, 1.82) is 0 Å². The standard InChI is InChI=1S/C15H20BrN3O/c1-12-10-13(2-3-14(12)16)17-15(20)11-19-7-4-18(5-8-19)6-9-19/h2-3,10H,4-9,11H2,1H3/p+1. The largest absolute Gasteiger partial charge is 0.321 e. The zero-order chi connectivity index (χ0) is 14.2. The van der Waals surface area contributed by atoms with Crippen LogP contribution in [0.3, 0.4) is 0 Å². The first-order valence-corrected chi connectivity index (χ1v) is 7.99. The van der Waals surface area contributed by atoms with Gasteiger partial charge in [-0.05, 0) is 30.7 Å². The molecular weight excluding hydrogens is 318 g/mol. The van der Waals surface area contributed by atoms with E-state index in [0.717, 1.165) is 59.5 Å². The minimum Gasteiger partial charge on any atom is -0.321 e. The van der Waals surface area contributed by atoms with E-state index in [4.69, 9.17) is 0 Å². The molecule has 2 bridgehead atoms. The number of hydrogen-bond donors (Lipinski definition) is 1. The van der Waals surface area contributed by atoms with Gasteiger partial charge in [0.2, 0.25) is 0 Å². The van der Waals surface area contributed by atoms with Gasteiger partial charge in [0.05, 0.1) is 19.6 Å². The third-order valence-corrected chi connectivity index (χ3v) is 5.48. The van der Waals surface area contributed by atoms with Crippen molar-refractivity contribution >= 4 is 27.5 Å². The second kappa shape index (κ2) is 5.47. The number of piperazine rings is 3. The molecule has 0 unspecified atom stereocenters. The number of amides is 1. The number of aryl methyl sites for hydroxylation is 1. The van der Waals surface area contributed by atoms with Crippen LogP contribution in [-0.4, -0.2) is 61.1 Å². The Hall–Kier alpha value is -0.910. The number of quaternary nitrogens is 1. The maximum Gasteiger partial charge on any atom is 0.279 e. The molecule has 3 aliphatic rings. The average Bonchev–Trinajstić information content (AvgIpc) is 2.44. The van der Waals surface area contributed by atoms with Crippen LogP contribution < -0.4 is 5.32 Å². The molecule has 0 aromatic heterocycles. The van der Waals surface area contributed by atoms with E-state index in [-0.39, 0.29) is 5.91 Å². The Morgan fingerprint density at radius 3 is 2.55 bits per heavy atom. The van der Waals surface area contributed by atoms with Crippen LogP contribution in [0.1, 0.15) is 5.56 Å². The van der Waals surface area contributed by atoms with E-state index in [1.54, 1.807) is 0 Å². The monoisotopic (exact) mass is 338 g/mol. The van der Waals surface area contributed by atoms with E-state index in [9.17, 15) is 4.79 Å². The highest BCUT2D eigenvalue weighted by Gasteiger charge is 2.39. The SMILES string of the molecule is Cc1cc(NC(=O)C[N+]23CCN(CC2)CC3)ccc1Br. The summed E-state index contributed by atoms with van der Waals surface area (Å²) in [5.41, 5.74) is 2.03. The van der Waals surface area contributed by atoms with Gasteiger partial charge in [-0.2, -0.15) is 0 Å². The second-order valence-electron chi connectivity index (χ2n) is 6.02. The van der Waals surface area contributed by atoms with Crippen LogP contribution in [0, 0.1) is 6.92 Å². The fourth-order valence-electron chi connectivity index (χ4n) is 3.20. The van der Waals surface area contributed by atoms with Gasteiger partial charge in [-0.25, -0.2) is 0 Å². The molecule has 1 aromatic carbocycles. The summed E-state index contributed by atoms with van der Waals surface area (Å²) in [5, 5.41) is 3.04. The molecule has 4 rings (SSSR count). The van der Waals surface area contributed by atoms with E-state index in [0.29, 0.717) is 6.54 Å². The molecule has 0 atom stereocenters. The molecule has 0 saturated carbocycles. The van der Waals surface area contributed by atoms with E-state index >= 15 is 0 Å². The molecule has 1 N–H and O–H groups in total. The summed E-state index contributed by atoms with van der Waals surface area (Å²) < 4.78 is 2.04. The lowest BCUT2D eigenvalue weighted by molar-refractivity contribution is -0.933. The number of carbonyl (C=O) groups excluding carboxylic acids is 1. The highest BCUT2D eigenvalue weighted by Crippen LogP contribution is 2.22. The lowest BCUT2D eigenvalue weighted by Gasteiger charge is -2.50. The summed E-state index contributed by atoms with van der Waals surface area (Å²) >= 11 is 3.48. The molecule has 1 aromatic rings. The highest BCUT2D eigenvalue weighted by atomic mass is 79.9. The Balaban J connectivity index is 1.63. The Morgan fingerprint density at radius 2 is 1.95 bits per heavy atom. The van der Waals surface area contributed by atoms with Crippen molar-refractivity contribution < 1.29 is 9.28 Å². The maximum absolute atomic E-state index is 12.3. The number of hydrogen-bond acceptors (Lipinski definition) is 2. The number of nitrogens with one attached hydrogen (secondary N) is 1. The Labute approximate surface area is 128 Å². The van der Waals surface area contributed by atoms with Gasteiger partial charge in [0, 0.05) is 29.8 Å². The first-order valence-electron chi connectivity index (χ1n) is 7.20. The van der Waals surface area contributed by atoms with Crippen LogP contribution in [0.2, 0.25) is 0 Å². The zero-order valence-electron chi connectivity index (χ0n) is 11.9. The number of nitrogens with zero attached hydrogens (tertiary/aromatic N) is 2. The first kappa shape index (κ1) is 14.0. The number of fused-ring (bicyclic) bond motifs is 3. The minimum absolute atomic E-state index is 0.141. The van der Waals surface area contributed by atoms with E-state index < -0.39 is 0 Å². The number of carbonyl (C=O) groups is 1. The predicted octanol–water partition coefficient (Wildman–Crippen LogP) is 1.84. The Morgan fingerprint density at radius 1 is 1.30 bits per heavy atom. The van der Waals surface area contributed by atoms with Crippen LogP contribution in [0.25, 0.3) is 0 Å². The Bertz CT molecular complexity index is 510. The molecule has 3 fully saturated rings. The molecule has 3 heterocycles. The fraction of sp³-hybridized carbons (Fsp3) is 0.533. The van der Waals surface area contributed by atoms with Crippen molar-refractivity contribution in [1.82, 2.24) is 4.90 Å². The predicted molar refractivity (Wildman–Crippen MR) is 83.7 cm³/mol. The van der Waals surface area contributed by atoms with Crippen molar-refractivity contribution in [3.05, 3.63) is 28.2 Å². The van der Waals surface area contributed by atoms with Crippen LogP contribution in [0.4, 0.5) is 5.69 Å². The molecule has 0 radical (unpaired) electrons. The van der Waals surface area contributed by atoms with E-state index in [1.165, 1.54) is 0 Å². The minimum atomic E-state index is 0.141. The third kappa shape index (κ3) is 2.90. The first-order chi connectivity index (χ1) is 9.56. The van der Waals surface area contributed by atoms with Gasteiger partial charge in [0.1, 0.15) is 0 Å². The van der Waals surface area contributed by atoms with Gasteiger partial charge in [0.25, 0.3) is 5.91 Å². The van der Waals surface area contributed by atoms with Crippen molar-refractivity contribution in [2.45, 2.75) is 6.92 Å². The van der Waals surface area contributed by atoms with Crippen molar-refractivity contribution in [2.75, 3.05) is 51.1 Å². The van der Waals surface area contributed by atoms with Crippen LogP contribution in [0.15, 0.2) is 22.7 Å². The van der Waals surface area contributed by atoms with Gasteiger partial charge in [0.15, 0.2) is 6.54 Å². The summed E-state index contributed by atoms with van der Waals surface area (Å²) in [5.74, 6) is 0.141. The van der Waals surface area contributed by atoms with Gasteiger partial charge in [-0.3, -0.25) is 9.69 Å². The summed E-state index contributed by atoms with van der Waals surface area (Å²) in [7, 11) is 0. The molecule has 108 valence electrons. The summed E-state index contributed by atoms with van der Waals surface area (Å²) in [6.07, 6.45) is 0. The van der Waals surface area contributed by atoms with Crippen molar-refractivity contribution in [3.8, 4) is 0 Å². The second-order valence-corrected chi connectivity index (χ2v) is 6.88. The molecule has 3 saturated heterocycles. The van der Waals surface area contributed by atoms with Gasteiger partial charge >= 0.3 is 0 Å². The lowest BCUT2D eigenvalue weighted by atomic mass is 10.1. The average molecular weight is 339 g/mol. The van der Waals surface area contributed by atoms with E-state index in [2.05, 4.69) is 26.1 Å². The highest BCUT2D eigenvalue weighted by molar-refractivity contribution is 9.10. The maximum atomic E-state index is 12.3. The van der Waals surface area contributed by atoms with Crippen molar-refractivity contribution in [3.63, 3.8) is 0 Å². The molecule has 3 aliphatic heterocycles. The summed E-state index contributed by atoms with van der Waals surface area (Å²) in [6, 6.07) is 5.94. The van der Waals surface area contributed by atoms with Gasteiger partial charge in [-0.1, -0.05) is 15.9 Å². The van der Waals surface area contributed by atoms with Crippen LogP contribution in [0.5, 0.6) is 0 Å². The number of benzene rings is 1. The van der Waals surface area contributed by atoms with E-state index in [1.807, 2.05) is 25.1 Å². The topological polar surface area (TPSA) is 32.3 Å². The summed E-state index contributed by atoms with van der Waals surface area (Å²) in [4.78, 5) is 14.8. The lowest BCUT2D eigenvalue weighted by Crippen LogP contribution is -2.68. The summed E-state index contributed by atoms with van der Waals surface area (Å²) in [6.45, 7) is 9.43. The molecule has 20 heavy (non-hydrogen) atoms. The molecule has 5 heteroatoms. The number of halogens is 1. The molecule has 1 amide bonds. The van der Waals surface area contributed by atoms with Crippen LogP contribution >= 0.6 is 15.9 Å². The zero-order valence-corrected chi connectivity index (χ0v) is 13.4.